The predicted octanol–water partition coefficient (Wildman–Crippen LogP) is 2.37. The largest absolute Gasteiger partial charge is 0.472 e. The summed E-state index contributed by atoms with van der Waals surface area (Å²) < 4.78 is 5.12. The maximum Gasteiger partial charge on any atom is 0.0947 e. The van der Waals surface area contributed by atoms with Gasteiger partial charge in [0.1, 0.15) is 0 Å². The van der Waals surface area contributed by atoms with Crippen molar-refractivity contribution < 1.29 is 4.42 Å². The van der Waals surface area contributed by atoms with E-state index in [0.29, 0.717) is 12.1 Å². The van der Waals surface area contributed by atoms with Crippen molar-refractivity contribution in [1.29, 1.82) is 0 Å². The summed E-state index contributed by atoms with van der Waals surface area (Å²) in [5.41, 5.74) is 7.22. The van der Waals surface area contributed by atoms with Crippen LogP contribution in [0.2, 0.25) is 0 Å². The molecule has 3 heteroatoms. The van der Waals surface area contributed by atoms with Crippen LogP contribution in [0.25, 0.3) is 0 Å². The molecule has 0 atom stereocenters. The Morgan fingerprint density at radius 2 is 2.12 bits per heavy atom. The second-order valence-electron chi connectivity index (χ2n) is 4.76. The fourth-order valence-corrected chi connectivity index (χ4v) is 2.58. The Hall–Kier alpha value is -0.800. The van der Waals surface area contributed by atoms with Gasteiger partial charge in [-0.25, -0.2) is 0 Å². The van der Waals surface area contributed by atoms with E-state index in [1.807, 2.05) is 6.26 Å². The van der Waals surface area contributed by atoms with Gasteiger partial charge < -0.3 is 10.2 Å². The van der Waals surface area contributed by atoms with E-state index in [1.165, 1.54) is 31.2 Å². The average molecular weight is 222 g/mol. The van der Waals surface area contributed by atoms with Gasteiger partial charge in [0.15, 0.2) is 0 Å². The minimum atomic E-state index is 0.434. The molecule has 2 N–H and O–H groups in total. The molecule has 3 nitrogen and oxygen atoms in total. The lowest BCUT2D eigenvalue weighted by Crippen LogP contribution is -2.40. The molecule has 16 heavy (non-hydrogen) atoms. The first-order valence-corrected chi connectivity index (χ1v) is 6.30. The van der Waals surface area contributed by atoms with Crippen LogP contribution >= 0.6 is 0 Å². The molecular weight excluding hydrogens is 200 g/mol. The Balaban J connectivity index is 1.89. The van der Waals surface area contributed by atoms with Crippen molar-refractivity contribution >= 4 is 0 Å². The second kappa shape index (κ2) is 5.51. The Bertz CT molecular complexity index is 289. The van der Waals surface area contributed by atoms with E-state index in [1.54, 1.807) is 6.26 Å². The van der Waals surface area contributed by atoms with Gasteiger partial charge in [0.05, 0.1) is 12.5 Å². The third kappa shape index (κ3) is 2.86. The van der Waals surface area contributed by atoms with Gasteiger partial charge in [0, 0.05) is 24.2 Å². The van der Waals surface area contributed by atoms with Crippen LogP contribution in [0.1, 0.15) is 38.2 Å². The van der Waals surface area contributed by atoms with Crippen LogP contribution in [0.4, 0.5) is 0 Å². The highest BCUT2D eigenvalue weighted by molar-refractivity contribution is 5.05. The van der Waals surface area contributed by atoms with Crippen molar-refractivity contribution in [2.24, 2.45) is 5.73 Å². The number of hydrogen-bond acceptors (Lipinski definition) is 3. The van der Waals surface area contributed by atoms with Gasteiger partial charge >= 0.3 is 0 Å². The fourth-order valence-electron chi connectivity index (χ4n) is 2.58. The van der Waals surface area contributed by atoms with Crippen LogP contribution in [-0.4, -0.2) is 23.5 Å². The monoisotopic (exact) mass is 222 g/mol. The minimum Gasteiger partial charge on any atom is -0.472 e. The molecule has 0 unspecified atom stereocenters. The number of rotatable bonds is 4. The van der Waals surface area contributed by atoms with Gasteiger partial charge in [0.25, 0.3) is 0 Å². The Kier molecular flexibility index (Phi) is 4.02. The maximum absolute atomic E-state index is 5.94. The summed E-state index contributed by atoms with van der Waals surface area (Å²) in [4.78, 5) is 2.54. The molecule has 1 aromatic heterocycles. The molecular formula is C13H22N2O. The highest BCUT2D eigenvalue weighted by atomic mass is 16.3. The summed E-state index contributed by atoms with van der Waals surface area (Å²) >= 11 is 0. The van der Waals surface area contributed by atoms with Crippen molar-refractivity contribution in [3.63, 3.8) is 0 Å². The molecule has 0 spiro atoms. The minimum absolute atomic E-state index is 0.434. The number of nitrogens with zero attached hydrogens (tertiary/aromatic N) is 1. The van der Waals surface area contributed by atoms with Gasteiger partial charge in [0.2, 0.25) is 0 Å². The summed E-state index contributed by atoms with van der Waals surface area (Å²) in [7, 11) is 0. The molecule has 0 saturated heterocycles. The summed E-state index contributed by atoms with van der Waals surface area (Å²) in [6, 6.07) is 3.20. The van der Waals surface area contributed by atoms with Crippen LogP contribution < -0.4 is 5.73 Å². The first-order valence-electron chi connectivity index (χ1n) is 6.30. The van der Waals surface area contributed by atoms with E-state index in [2.05, 4.69) is 17.9 Å². The topological polar surface area (TPSA) is 42.4 Å². The number of nitrogens with two attached hydrogens (primary N) is 1. The zero-order valence-electron chi connectivity index (χ0n) is 10.1. The summed E-state index contributed by atoms with van der Waals surface area (Å²) in [5.74, 6) is 0. The normalized spacial score (nSPS) is 26.2. The molecule has 1 aromatic rings. The molecule has 90 valence electrons. The van der Waals surface area contributed by atoms with Crippen LogP contribution in [0.15, 0.2) is 23.0 Å². The zero-order chi connectivity index (χ0) is 11.4. The van der Waals surface area contributed by atoms with E-state index >= 15 is 0 Å². The third-order valence-corrected chi connectivity index (χ3v) is 3.63. The molecule has 1 saturated carbocycles. The molecule has 0 aromatic carbocycles. The molecule has 0 amide bonds. The van der Waals surface area contributed by atoms with E-state index in [4.69, 9.17) is 10.2 Å². The Morgan fingerprint density at radius 1 is 1.38 bits per heavy atom. The molecule has 2 rings (SSSR count). The van der Waals surface area contributed by atoms with Crippen LogP contribution in [0.5, 0.6) is 0 Å². The number of hydrogen-bond donors (Lipinski definition) is 1. The van der Waals surface area contributed by atoms with Crippen LogP contribution in [0.3, 0.4) is 0 Å². The lowest BCUT2D eigenvalue weighted by atomic mass is 9.90. The van der Waals surface area contributed by atoms with Crippen LogP contribution in [-0.2, 0) is 6.54 Å². The smallest absolute Gasteiger partial charge is 0.0947 e. The van der Waals surface area contributed by atoms with Gasteiger partial charge in [-0.05, 0) is 38.3 Å². The van der Waals surface area contributed by atoms with Gasteiger partial charge in [-0.2, -0.15) is 0 Å². The molecule has 1 aliphatic rings. The standard InChI is InChI=1S/C13H22N2O/c1-2-15(9-11-7-8-16-10-11)13-5-3-12(14)4-6-13/h7-8,10,12-13H,2-6,9,14H2,1H3. The molecule has 0 radical (unpaired) electrons. The van der Waals surface area contributed by atoms with Gasteiger partial charge in [-0.3, -0.25) is 4.90 Å². The van der Waals surface area contributed by atoms with Gasteiger partial charge in [-0.1, -0.05) is 6.92 Å². The quantitative estimate of drug-likeness (QED) is 0.850. The maximum atomic E-state index is 5.94. The van der Waals surface area contributed by atoms with Crippen molar-refractivity contribution in [2.75, 3.05) is 6.54 Å². The Labute approximate surface area is 97.6 Å². The first-order chi connectivity index (χ1) is 7.79. The summed E-state index contributed by atoms with van der Waals surface area (Å²) in [6.45, 7) is 4.34. The van der Waals surface area contributed by atoms with E-state index in [-0.39, 0.29) is 0 Å². The van der Waals surface area contributed by atoms with Crippen molar-refractivity contribution in [3.05, 3.63) is 24.2 Å². The van der Waals surface area contributed by atoms with Gasteiger partial charge in [-0.15, -0.1) is 0 Å². The highest BCUT2D eigenvalue weighted by Crippen LogP contribution is 2.23. The molecule has 0 aliphatic heterocycles. The zero-order valence-corrected chi connectivity index (χ0v) is 10.1. The third-order valence-electron chi connectivity index (χ3n) is 3.63. The predicted molar refractivity (Wildman–Crippen MR) is 65.0 cm³/mol. The molecule has 1 heterocycles. The van der Waals surface area contributed by atoms with Crippen molar-refractivity contribution in [1.82, 2.24) is 4.90 Å². The summed E-state index contributed by atoms with van der Waals surface area (Å²) in [6.07, 6.45) is 8.43. The Morgan fingerprint density at radius 3 is 2.69 bits per heavy atom. The summed E-state index contributed by atoms with van der Waals surface area (Å²) in [5, 5.41) is 0. The molecule has 1 fully saturated rings. The van der Waals surface area contributed by atoms with E-state index < -0.39 is 0 Å². The van der Waals surface area contributed by atoms with Crippen molar-refractivity contribution in [2.45, 2.75) is 51.2 Å². The molecule has 0 bridgehead atoms. The lowest BCUT2D eigenvalue weighted by Gasteiger charge is -2.35. The van der Waals surface area contributed by atoms with E-state index in [9.17, 15) is 0 Å². The number of furan rings is 1. The molecule has 1 aliphatic carbocycles. The second-order valence-corrected chi connectivity index (χ2v) is 4.76. The van der Waals surface area contributed by atoms with Crippen molar-refractivity contribution in [3.8, 4) is 0 Å². The fraction of sp³-hybridized carbons (Fsp3) is 0.692. The first kappa shape index (κ1) is 11.7. The average Bonchev–Trinajstić information content (AvgIpc) is 2.80. The SMILES string of the molecule is CCN(Cc1ccoc1)C1CCC(N)CC1. The lowest BCUT2D eigenvalue weighted by molar-refractivity contribution is 0.149. The van der Waals surface area contributed by atoms with Crippen LogP contribution in [0, 0.1) is 0 Å². The highest BCUT2D eigenvalue weighted by Gasteiger charge is 2.23. The van der Waals surface area contributed by atoms with E-state index in [0.717, 1.165) is 13.1 Å².